The van der Waals surface area contributed by atoms with Crippen LogP contribution in [0.25, 0.3) is 10.9 Å². The topological polar surface area (TPSA) is 75.9 Å². The molecule has 3 aromatic rings. The number of anilines is 1. The van der Waals surface area contributed by atoms with Crippen LogP contribution in [-0.4, -0.2) is 44.8 Å². The van der Waals surface area contributed by atoms with E-state index in [9.17, 15) is 9.18 Å². The maximum absolute atomic E-state index is 13.7. The summed E-state index contributed by atoms with van der Waals surface area (Å²) in [6.45, 7) is 1.43. The SMILES string of the molecule is Cn1cc(C(=O)NC2CCCN(c3ncnc4ccc(F)cc34)C2)cn1. The molecule has 1 fully saturated rings. The molecule has 1 N–H and O–H groups in total. The van der Waals surface area contributed by atoms with Crippen LogP contribution in [-0.2, 0) is 7.05 Å². The van der Waals surface area contributed by atoms with Gasteiger partial charge in [-0.1, -0.05) is 0 Å². The van der Waals surface area contributed by atoms with Crippen LogP contribution in [0, 0.1) is 5.82 Å². The number of aromatic nitrogens is 4. The van der Waals surface area contributed by atoms with E-state index in [2.05, 4.69) is 25.3 Å². The zero-order valence-corrected chi connectivity index (χ0v) is 14.4. The number of halogens is 1. The largest absolute Gasteiger partial charge is 0.354 e. The first-order chi connectivity index (χ1) is 12.6. The number of rotatable bonds is 3. The van der Waals surface area contributed by atoms with Gasteiger partial charge in [0.2, 0.25) is 0 Å². The predicted molar refractivity (Wildman–Crippen MR) is 95.4 cm³/mol. The summed E-state index contributed by atoms with van der Waals surface area (Å²) in [6, 6.07) is 4.51. The molecule has 4 rings (SSSR count). The number of nitrogens with zero attached hydrogens (tertiary/aromatic N) is 5. The summed E-state index contributed by atoms with van der Waals surface area (Å²) in [6.07, 6.45) is 6.54. The molecule has 1 aliphatic rings. The summed E-state index contributed by atoms with van der Waals surface area (Å²) in [7, 11) is 1.78. The van der Waals surface area contributed by atoms with Crippen LogP contribution in [0.1, 0.15) is 23.2 Å². The Morgan fingerprint density at radius 2 is 2.23 bits per heavy atom. The van der Waals surface area contributed by atoms with E-state index in [1.54, 1.807) is 30.2 Å². The smallest absolute Gasteiger partial charge is 0.254 e. The van der Waals surface area contributed by atoms with Crippen molar-refractivity contribution in [3.63, 3.8) is 0 Å². The van der Waals surface area contributed by atoms with E-state index in [1.165, 1.54) is 18.5 Å². The van der Waals surface area contributed by atoms with Crippen molar-refractivity contribution in [1.29, 1.82) is 0 Å². The number of carbonyl (C=O) groups excluding carboxylic acids is 1. The zero-order chi connectivity index (χ0) is 18.1. The van der Waals surface area contributed by atoms with E-state index < -0.39 is 0 Å². The van der Waals surface area contributed by atoms with Crippen molar-refractivity contribution in [2.75, 3.05) is 18.0 Å². The van der Waals surface area contributed by atoms with Crippen molar-refractivity contribution in [3.8, 4) is 0 Å². The molecule has 2 aromatic heterocycles. The van der Waals surface area contributed by atoms with Gasteiger partial charge in [0.15, 0.2) is 0 Å². The first-order valence-electron chi connectivity index (χ1n) is 8.55. The van der Waals surface area contributed by atoms with E-state index in [0.717, 1.165) is 19.4 Å². The number of fused-ring (bicyclic) bond motifs is 1. The van der Waals surface area contributed by atoms with Crippen molar-refractivity contribution >= 4 is 22.6 Å². The minimum absolute atomic E-state index is 0.00460. The highest BCUT2D eigenvalue weighted by Crippen LogP contribution is 2.26. The maximum atomic E-state index is 13.7. The minimum atomic E-state index is -0.313. The van der Waals surface area contributed by atoms with Crippen LogP contribution in [0.3, 0.4) is 0 Å². The number of nitrogens with one attached hydrogen (secondary N) is 1. The molecule has 0 aliphatic carbocycles. The van der Waals surface area contributed by atoms with Crippen LogP contribution in [0.2, 0.25) is 0 Å². The molecule has 7 nitrogen and oxygen atoms in total. The number of hydrogen-bond acceptors (Lipinski definition) is 5. The molecule has 1 aliphatic heterocycles. The number of hydrogen-bond donors (Lipinski definition) is 1. The van der Waals surface area contributed by atoms with Gasteiger partial charge in [-0.25, -0.2) is 14.4 Å². The zero-order valence-electron chi connectivity index (χ0n) is 14.4. The van der Waals surface area contributed by atoms with Crippen molar-refractivity contribution in [2.24, 2.45) is 7.05 Å². The lowest BCUT2D eigenvalue weighted by atomic mass is 10.0. The van der Waals surface area contributed by atoms with Crippen molar-refractivity contribution in [2.45, 2.75) is 18.9 Å². The Morgan fingerprint density at radius 3 is 3.04 bits per heavy atom. The third kappa shape index (κ3) is 3.22. The van der Waals surface area contributed by atoms with Gasteiger partial charge < -0.3 is 10.2 Å². The molecule has 1 amide bonds. The summed E-state index contributed by atoms with van der Waals surface area (Å²) in [5, 5.41) is 7.77. The first-order valence-corrected chi connectivity index (χ1v) is 8.55. The summed E-state index contributed by atoms with van der Waals surface area (Å²) < 4.78 is 15.3. The lowest BCUT2D eigenvalue weighted by Crippen LogP contribution is -2.48. The Balaban J connectivity index is 1.54. The van der Waals surface area contributed by atoms with Gasteiger partial charge in [-0.3, -0.25) is 9.48 Å². The molecule has 8 heteroatoms. The lowest BCUT2D eigenvalue weighted by Gasteiger charge is -2.34. The molecule has 26 heavy (non-hydrogen) atoms. The second-order valence-electron chi connectivity index (χ2n) is 6.52. The van der Waals surface area contributed by atoms with Gasteiger partial charge in [0.1, 0.15) is 18.0 Å². The fraction of sp³-hybridized carbons (Fsp3) is 0.333. The quantitative estimate of drug-likeness (QED) is 0.777. The van der Waals surface area contributed by atoms with E-state index in [0.29, 0.717) is 28.8 Å². The number of piperidine rings is 1. The van der Waals surface area contributed by atoms with Gasteiger partial charge in [0.25, 0.3) is 5.91 Å². The molecule has 1 aromatic carbocycles. The molecular formula is C18H19FN6O. The summed E-state index contributed by atoms with van der Waals surface area (Å²) in [5.41, 5.74) is 1.25. The molecule has 1 atom stereocenters. The third-order valence-electron chi connectivity index (χ3n) is 4.60. The third-order valence-corrected chi connectivity index (χ3v) is 4.60. The molecule has 1 saturated heterocycles. The highest BCUT2D eigenvalue weighted by atomic mass is 19.1. The Bertz CT molecular complexity index is 956. The van der Waals surface area contributed by atoms with E-state index in [1.807, 2.05) is 0 Å². The standard InChI is InChI=1S/C18H19FN6O/c1-24-9-12(8-22-24)18(26)23-14-3-2-6-25(10-14)17-15-7-13(19)4-5-16(15)20-11-21-17/h4-5,7-9,11,14H,2-3,6,10H2,1H3,(H,23,26). The van der Waals surface area contributed by atoms with Gasteiger partial charge in [0.05, 0.1) is 17.3 Å². The molecule has 0 radical (unpaired) electrons. The van der Waals surface area contributed by atoms with E-state index >= 15 is 0 Å². The van der Waals surface area contributed by atoms with Crippen LogP contribution >= 0.6 is 0 Å². The molecule has 134 valence electrons. The van der Waals surface area contributed by atoms with Gasteiger partial charge in [0, 0.05) is 37.8 Å². The second-order valence-corrected chi connectivity index (χ2v) is 6.52. The number of aryl methyl sites for hydroxylation is 1. The molecule has 1 unspecified atom stereocenters. The summed E-state index contributed by atoms with van der Waals surface area (Å²) >= 11 is 0. The molecular weight excluding hydrogens is 335 g/mol. The van der Waals surface area contributed by atoms with E-state index in [4.69, 9.17) is 0 Å². The Labute approximate surface area is 149 Å². The highest BCUT2D eigenvalue weighted by Gasteiger charge is 2.24. The minimum Gasteiger partial charge on any atom is -0.354 e. The Hall–Kier alpha value is -3.03. The average Bonchev–Trinajstić information content (AvgIpc) is 3.08. The van der Waals surface area contributed by atoms with Gasteiger partial charge in [-0.15, -0.1) is 0 Å². The number of amides is 1. The van der Waals surface area contributed by atoms with Crippen LogP contribution in [0.4, 0.5) is 10.2 Å². The predicted octanol–water partition coefficient (Wildman–Crippen LogP) is 1.90. The van der Waals surface area contributed by atoms with Gasteiger partial charge in [-0.2, -0.15) is 5.10 Å². The second kappa shape index (κ2) is 6.70. The fourth-order valence-corrected chi connectivity index (χ4v) is 3.36. The van der Waals surface area contributed by atoms with Crippen LogP contribution in [0.15, 0.2) is 36.9 Å². The van der Waals surface area contributed by atoms with Crippen molar-refractivity contribution in [1.82, 2.24) is 25.1 Å². The monoisotopic (exact) mass is 354 g/mol. The average molecular weight is 354 g/mol. The molecule has 0 spiro atoms. The summed E-state index contributed by atoms with van der Waals surface area (Å²) in [5.74, 6) is 0.255. The molecule has 0 bridgehead atoms. The number of carbonyl (C=O) groups is 1. The summed E-state index contributed by atoms with van der Waals surface area (Å²) in [4.78, 5) is 23.0. The fourth-order valence-electron chi connectivity index (χ4n) is 3.36. The first kappa shape index (κ1) is 16.4. The lowest BCUT2D eigenvalue weighted by molar-refractivity contribution is 0.0933. The normalized spacial score (nSPS) is 17.5. The molecule has 3 heterocycles. The van der Waals surface area contributed by atoms with E-state index in [-0.39, 0.29) is 17.8 Å². The number of benzene rings is 1. The van der Waals surface area contributed by atoms with Gasteiger partial charge in [-0.05, 0) is 31.0 Å². The highest BCUT2D eigenvalue weighted by molar-refractivity contribution is 5.94. The Kier molecular flexibility index (Phi) is 4.24. The van der Waals surface area contributed by atoms with Gasteiger partial charge >= 0.3 is 0 Å². The van der Waals surface area contributed by atoms with Crippen molar-refractivity contribution < 1.29 is 9.18 Å². The Morgan fingerprint density at radius 1 is 1.35 bits per heavy atom. The van der Waals surface area contributed by atoms with Crippen LogP contribution in [0.5, 0.6) is 0 Å². The molecule has 0 saturated carbocycles. The van der Waals surface area contributed by atoms with Crippen molar-refractivity contribution in [3.05, 3.63) is 48.3 Å². The maximum Gasteiger partial charge on any atom is 0.254 e. The van der Waals surface area contributed by atoms with Crippen LogP contribution < -0.4 is 10.2 Å².